The molecule has 3 heterocycles. The van der Waals surface area contributed by atoms with Crippen molar-refractivity contribution in [2.24, 2.45) is 5.92 Å². The van der Waals surface area contributed by atoms with Gasteiger partial charge >= 0.3 is 5.69 Å². The van der Waals surface area contributed by atoms with Gasteiger partial charge < -0.3 is 15.6 Å². The molecule has 1 atom stereocenters. The predicted octanol–water partition coefficient (Wildman–Crippen LogP) is 2.80. The van der Waals surface area contributed by atoms with Gasteiger partial charge in [0.1, 0.15) is 5.52 Å². The van der Waals surface area contributed by atoms with Gasteiger partial charge in [0, 0.05) is 16.6 Å². The molecule has 27 heavy (non-hydrogen) atoms. The average molecular weight is 407 g/mol. The quantitative estimate of drug-likeness (QED) is 0.606. The fourth-order valence-corrected chi connectivity index (χ4v) is 3.73. The van der Waals surface area contributed by atoms with Gasteiger partial charge in [-0.2, -0.15) is 4.98 Å². The van der Waals surface area contributed by atoms with Crippen LogP contribution in [0.3, 0.4) is 0 Å². The van der Waals surface area contributed by atoms with Crippen molar-refractivity contribution < 1.29 is 0 Å². The average Bonchev–Trinajstić information content (AvgIpc) is 3.26. The van der Waals surface area contributed by atoms with Crippen molar-refractivity contribution in [1.82, 2.24) is 24.8 Å². The third-order valence-electron chi connectivity index (χ3n) is 4.85. The van der Waals surface area contributed by atoms with Crippen molar-refractivity contribution in [2.45, 2.75) is 19.9 Å². The van der Waals surface area contributed by atoms with Gasteiger partial charge in [-0.1, -0.05) is 23.2 Å². The van der Waals surface area contributed by atoms with Crippen LogP contribution in [0, 0.1) is 12.8 Å². The van der Waals surface area contributed by atoms with E-state index in [0.29, 0.717) is 33.1 Å². The minimum atomic E-state index is -0.254. The van der Waals surface area contributed by atoms with E-state index in [-0.39, 0.29) is 12.2 Å². The summed E-state index contributed by atoms with van der Waals surface area (Å²) in [5, 5.41) is 7.77. The summed E-state index contributed by atoms with van der Waals surface area (Å²) in [5.41, 5.74) is 2.41. The van der Waals surface area contributed by atoms with E-state index in [0.717, 1.165) is 37.3 Å². The molecular formula is C18H20Cl2N6O. The lowest BCUT2D eigenvalue weighted by molar-refractivity contribution is 0.613. The molecule has 7 nitrogen and oxygen atoms in total. The van der Waals surface area contributed by atoms with Gasteiger partial charge in [-0.05, 0) is 56.1 Å². The van der Waals surface area contributed by atoms with E-state index < -0.39 is 0 Å². The number of hydrogen-bond acceptors (Lipinski definition) is 5. The first kappa shape index (κ1) is 18.3. The Morgan fingerprint density at radius 1 is 1.33 bits per heavy atom. The number of H-pyrrole nitrogens is 1. The predicted molar refractivity (Wildman–Crippen MR) is 108 cm³/mol. The van der Waals surface area contributed by atoms with Gasteiger partial charge in [0.05, 0.1) is 12.2 Å². The van der Waals surface area contributed by atoms with Crippen LogP contribution in [0.2, 0.25) is 10.0 Å². The van der Waals surface area contributed by atoms with E-state index in [1.807, 2.05) is 6.92 Å². The molecule has 3 N–H and O–H groups in total. The standard InChI is InChI=1S/C18H20Cl2N6O/c1-10-15-16(25-17(23-10)22-8-11-4-5-21-7-11)26(18(27)24-15)9-12-6-13(19)2-3-14(12)20/h2-3,6,11,21H,4-5,7-9H2,1H3,(H,24,27)(H,22,23,25)/t11-/m1/s1. The zero-order valence-corrected chi connectivity index (χ0v) is 16.4. The highest BCUT2D eigenvalue weighted by molar-refractivity contribution is 6.33. The first-order valence-electron chi connectivity index (χ1n) is 8.87. The molecule has 0 aliphatic carbocycles. The smallest absolute Gasteiger partial charge is 0.328 e. The minimum absolute atomic E-state index is 0.254. The second-order valence-electron chi connectivity index (χ2n) is 6.82. The van der Waals surface area contributed by atoms with Crippen LogP contribution in [0.25, 0.3) is 11.2 Å². The zero-order chi connectivity index (χ0) is 19.0. The molecule has 3 aromatic rings. The molecule has 0 amide bonds. The molecule has 0 unspecified atom stereocenters. The number of aromatic nitrogens is 4. The lowest BCUT2D eigenvalue weighted by Crippen LogP contribution is -2.19. The Labute approximate surface area is 166 Å². The number of nitrogens with one attached hydrogen (secondary N) is 3. The largest absolute Gasteiger partial charge is 0.354 e. The van der Waals surface area contributed by atoms with Gasteiger partial charge in [-0.25, -0.2) is 9.78 Å². The van der Waals surface area contributed by atoms with E-state index in [1.165, 1.54) is 0 Å². The van der Waals surface area contributed by atoms with E-state index in [9.17, 15) is 4.79 Å². The Morgan fingerprint density at radius 2 is 2.19 bits per heavy atom. The number of anilines is 1. The summed E-state index contributed by atoms with van der Waals surface area (Å²) in [6, 6.07) is 5.20. The Hall–Kier alpha value is -2.09. The normalized spacial score (nSPS) is 16.9. The molecule has 2 aromatic heterocycles. The van der Waals surface area contributed by atoms with Crippen molar-refractivity contribution in [1.29, 1.82) is 0 Å². The molecule has 142 valence electrons. The summed E-state index contributed by atoms with van der Waals surface area (Å²) >= 11 is 12.3. The summed E-state index contributed by atoms with van der Waals surface area (Å²) in [7, 11) is 0. The highest BCUT2D eigenvalue weighted by Gasteiger charge is 2.17. The number of aryl methyl sites for hydroxylation is 1. The molecule has 1 aliphatic rings. The Kier molecular flexibility index (Phi) is 5.08. The Morgan fingerprint density at radius 3 is 2.96 bits per heavy atom. The SMILES string of the molecule is Cc1nc(NC[C@@H]2CCNC2)nc2c1[nH]c(=O)n2Cc1cc(Cl)ccc1Cl. The second-order valence-corrected chi connectivity index (χ2v) is 7.67. The molecule has 0 radical (unpaired) electrons. The molecule has 0 saturated carbocycles. The molecule has 1 aromatic carbocycles. The molecule has 9 heteroatoms. The Balaban J connectivity index is 1.68. The monoisotopic (exact) mass is 406 g/mol. The first-order valence-corrected chi connectivity index (χ1v) is 9.62. The van der Waals surface area contributed by atoms with Crippen LogP contribution in [0.1, 0.15) is 17.7 Å². The third-order valence-corrected chi connectivity index (χ3v) is 5.45. The maximum absolute atomic E-state index is 12.5. The van der Waals surface area contributed by atoms with Crippen molar-refractivity contribution >= 4 is 40.3 Å². The number of fused-ring (bicyclic) bond motifs is 1. The van der Waals surface area contributed by atoms with Gasteiger partial charge in [0.15, 0.2) is 5.65 Å². The topological polar surface area (TPSA) is 87.6 Å². The Bertz CT molecular complexity index is 1040. The van der Waals surface area contributed by atoms with Crippen molar-refractivity contribution in [3.8, 4) is 0 Å². The van der Waals surface area contributed by atoms with Crippen LogP contribution in [-0.4, -0.2) is 39.2 Å². The van der Waals surface area contributed by atoms with E-state index in [1.54, 1.807) is 22.8 Å². The van der Waals surface area contributed by atoms with E-state index >= 15 is 0 Å². The zero-order valence-electron chi connectivity index (χ0n) is 14.9. The number of halogens is 2. The molecular weight excluding hydrogens is 387 g/mol. The highest BCUT2D eigenvalue weighted by atomic mass is 35.5. The highest BCUT2D eigenvalue weighted by Crippen LogP contribution is 2.23. The van der Waals surface area contributed by atoms with Gasteiger partial charge in [-0.15, -0.1) is 0 Å². The number of nitrogens with zero attached hydrogens (tertiary/aromatic N) is 3. The van der Waals surface area contributed by atoms with Crippen LogP contribution in [-0.2, 0) is 6.54 Å². The minimum Gasteiger partial charge on any atom is -0.354 e. The lowest BCUT2D eigenvalue weighted by atomic mass is 10.1. The number of hydrogen-bond donors (Lipinski definition) is 3. The molecule has 4 rings (SSSR count). The number of aromatic amines is 1. The van der Waals surface area contributed by atoms with Crippen LogP contribution >= 0.6 is 23.2 Å². The second kappa shape index (κ2) is 7.50. The molecule has 0 bridgehead atoms. The summed E-state index contributed by atoms with van der Waals surface area (Å²) in [4.78, 5) is 24.4. The van der Waals surface area contributed by atoms with Gasteiger partial charge in [-0.3, -0.25) is 4.57 Å². The summed E-state index contributed by atoms with van der Waals surface area (Å²) in [6.45, 7) is 4.98. The number of rotatable bonds is 5. The van der Waals surface area contributed by atoms with Crippen molar-refractivity contribution in [2.75, 3.05) is 25.0 Å². The van der Waals surface area contributed by atoms with Crippen LogP contribution < -0.4 is 16.3 Å². The van der Waals surface area contributed by atoms with Crippen LogP contribution in [0.15, 0.2) is 23.0 Å². The maximum Gasteiger partial charge on any atom is 0.328 e. The molecule has 1 fully saturated rings. The summed E-state index contributed by atoms with van der Waals surface area (Å²) < 4.78 is 1.56. The summed E-state index contributed by atoms with van der Waals surface area (Å²) in [6.07, 6.45) is 1.14. The lowest BCUT2D eigenvalue weighted by Gasteiger charge is -2.11. The van der Waals surface area contributed by atoms with E-state index in [4.69, 9.17) is 23.2 Å². The van der Waals surface area contributed by atoms with Gasteiger partial charge in [0.2, 0.25) is 5.95 Å². The first-order chi connectivity index (χ1) is 13.0. The van der Waals surface area contributed by atoms with Crippen LogP contribution in [0.5, 0.6) is 0 Å². The molecule has 0 spiro atoms. The fourth-order valence-electron chi connectivity index (χ4n) is 3.35. The van der Waals surface area contributed by atoms with Crippen molar-refractivity contribution in [3.63, 3.8) is 0 Å². The number of benzene rings is 1. The van der Waals surface area contributed by atoms with Crippen LogP contribution in [0.4, 0.5) is 5.95 Å². The van der Waals surface area contributed by atoms with Gasteiger partial charge in [0.25, 0.3) is 0 Å². The van der Waals surface area contributed by atoms with Crippen molar-refractivity contribution in [3.05, 3.63) is 50.0 Å². The van der Waals surface area contributed by atoms with E-state index in [2.05, 4.69) is 25.6 Å². The number of imidazole rings is 1. The summed E-state index contributed by atoms with van der Waals surface area (Å²) in [5.74, 6) is 1.08. The fraction of sp³-hybridized carbons (Fsp3) is 0.389. The molecule has 1 aliphatic heterocycles. The third kappa shape index (κ3) is 3.81. The maximum atomic E-state index is 12.5. The molecule has 1 saturated heterocycles.